The van der Waals surface area contributed by atoms with Crippen LogP contribution in [-0.4, -0.2) is 21.8 Å². The molecule has 0 aliphatic carbocycles. The van der Waals surface area contributed by atoms with E-state index in [0.29, 0.717) is 17.0 Å². The molecule has 1 aliphatic rings. The fourth-order valence-electron chi connectivity index (χ4n) is 3.87. The molecule has 1 atom stereocenters. The second kappa shape index (κ2) is 7.24. The zero-order valence-corrected chi connectivity index (χ0v) is 16.2. The number of nitrogens with zero attached hydrogens (tertiary/aromatic N) is 2. The van der Waals surface area contributed by atoms with Crippen LogP contribution < -0.4 is 5.32 Å². The quantitative estimate of drug-likeness (QED) is 0.642. The minimum atomic E-state index is -1.03. The summed E-state index contributed by atoms with van der Waals surface area (Å²) < 4.78 is 0. The minimum Gasteiger partial charge on any atom is -0.319 e. The number of nitrogens with one attached hydrogen (secondary N) is 1. The zero-order valence-electron chi connectivity index (χ0n) is 15.5. The van der Waals surface area contributed by atoms with Crippen LogP contribution in [0.25, 0.3) is 10.9 Å². The molecule has 1 N–H and O–H groups in total. The molecule has 1 aromatic heterocycles. The molecule has 6 heteroatoms. The number of fused-ring (bicyclic) bond motifs is 1. The van der Waals surface area contributed by atoms with Gasteiger partial charge in [0.15, 0.2) is 0 Å². The zero-order chi connectivity index (χ0) is 19.7. The number of urea groups is 1. The molecule has 142 valence electrons. The van der Waals surface area contributed by atoms with E-state index in [1.165, 1.54) is 4.90 Å². The van der Waals surface area contributed by atoms with Crippen molar-refractivity contribution in [2.24, 2.45) is 0 Å². The molecule has 3 amide bonds. The van der Waals surface area contributed by atoms with Crippen molar-refractivity contribution in [3.8, 4) is 0 Å². The second-order valence-electron chi connectivity index (χ2n) is 6.95. The summed E-state index contributed by atoms with van der Waals surface area (Å²) in [6.45, 7) is 2.15. The van der Waals surface area contributed by atoms with Gasteiger partial charge in [0.05, 0.1) is 12.1 Å². The molecule has 0 bridgehead atoms. The van der Waals surface area contributed by atoms with E-state index in [1.54, 1.807) is 12.3 Å². The number of hydrogen-bond donors (Lipinski definition) is 1. The normalized spacial score (nSPS) is 19.3. The molecule has 4 rings (SSSR count). The van der Waals surface area contributed by atoms with Crippen LogP contribution in [-0.2, 0) is 16.9 Å². The van der Waals surface area contributed by atoms with Crippen molar-refractivity contribution in [2.45, 2.75) is 31.8 Å². The molecular weight excluding hydrogens is 374 g/mol. The number of carbonyl (C=O) groups is 2. The Balaban J connectivity index is 1.73. The number of aromatic nitrogens is 1. The van der Waals surface area contributed by atoms with Crippen LogP contribution in [0, 0.1) is 0 Å². The standard InChI is InChI=1S/C22H20ClN3O2/c1-2-12-22(16-7-4-3-5-8-16)20(27)26(21(28)25-22)14-15-10-11-18(23)17-9-6-13-24-19(15)17/h3-11,13H,2,12,14H2,1H3,(H,25,28). The van der Waals surface area contributed by atoms with Crippen LogP contribution in [0.1, 0.15) is 30.9 Å². The van der Waals surface area contributed by atoms with Crippen LogP contribution in [0.5, 0.6) is 0 Å². The van der Waals surface area contributed by atoms with Gasteiger partial charge < -0.3 is 5.32 Å². The van der Waals surface area contributed by atoms with Gasteiger partial charge in [0.25, 0.3) is 5.91 Å². The second-order valence-corrected chi connectivity index (χ2v) is 7.36. The Hall–Kier alpha value is -2.92. The number of amides is 3. The summed E-state index contributed by atoms with van der Waals surface area (Å²) in [5.41, 5.74) is 1.26. The van der Waals surface area contributed by atoms with Gasteiger partial charge in [0.1, 0.15) is 5.54 Å². The maximum atomic E-state index is 13.4. The van der Waals surface area contributed by atoms with Crippen molar-refractivity contribution in [3.63, 3.8) is 0 Å². The summed E-state index contributed by atoms with van der Waals surface area (Å²) >= 11 is 6.27. The molecule has 1 saturated heterocycles. The highest BCUT2D eigenvalue weighted by Crippen LogP contribution is 2.35. The highest BCUT2D eigenvalue weighted by atomic mass is 35.5. The lowest BCUT2D eigenvalue weighted by Crippen LogP contribution is -2.43. The Morgan fingerprint density at radius 3 is 2.61 bits per heavy atom. The Morgan fingerprint density at radius 2 is 1.86 bits per heavy atom. The monoisotopic (exact) mass is 393 g/mol. The van der Waals surface area contributed by atoms with Gasteiger partial charge in [0.2, 0.25) is 0 Å². The van der Waals surface area contributed by atoms with E-state index in [2.05, 4.69) is 10.3 Å². The van der Waals surface area contributed by atoms with Crippen molar-refractivity contribution in [1.29, 1.82) is 0 Å². The van der Waals surface area contributed by atoms with Crippen LogP contribution in [0.15, 0.2) is 60.8 Å². The van der Waals surface area contributed by atoms with Crippen molar-refractivity contribution in [1.82, 2.24) is 15.2 Å². The first-order valence-corrected chi connectivity index (χ1v) is 9.66. The Bertz CT molecular complexity index is 1050. The number of pyridine rings is 1. The summed E-state index contributed by atoms with van der Waals surface area (Å²) in [6.07, 6.45) is 2.98. The van der Waals surface area contributed by atoms with Crippen LogP contribution in [0.4, 0.5) is 4.79 Å². The van der Waals surface area contributed by atoms with E-state index >= 15 is 0 Å². The van der Waals surface area contributed by atoms with E-state index in [0.717, 1.165) is 22.9 Å². The number of halogens is 1. The summed E-state index contributed by atoms with van der Waals surface area (Å²) in [5, 5.41) is 4.35. The predicted molar refractivity (Wildman–Crippen MR) is 109 cm³/mol. The lowest BCUT2D eigenvalue weighted by molar-refractivity contribution is -0.132. The summed E-state index contributed by atoms with van der Waals surface area (Å²) in [4.78, 5) is 31.9. The number of benzene rings is 2. The van der Waals surface area contributed by atoms with Gasteiger partial charge >= 0.3 is 6.03 Å². The lowest BCUT2D eigenvalue weighted by Gasteiger charge is -2.27. The number of carbonyl (C=O) groups excluding carboxylic acids is 2. The predicted octanol–water partition coefficient (Wildman–Crippen LogP) is 4.64. The average molecular weight is 394 g/mol. The molecule has 0 spiro atoms. The molecule has 2 aromatic carbocycles. The first-order chi connectivity index (χ1) is 13.6. The number of hydrogen-bond acceptors (Lipinski definition) is 3. The summed E-state index contributed by atoms with van der Waals surface area (Å²) in [6, 6.07) is 16.3. The smallest absolute Gasteiger partial charge is 0.319 e. The molecule has 3 aromatic rings. The maximum Gasteiger partial charge on any atom is 0.325 e. The number of imide groups is 1. The van der Waals surface area contributed by atoms with Gasteiger partial charge in [-0.1, -0.05) is 61.3 Å². The van der Waals surface area contributed by atoms with Crippen molar-refractivity contribution in [3.05, 3.63) is 76.9 Å². The van der Waals surface area contributed by atoms with E-state index in [9.17, 15) is 9.59 Å². The fraction of sp³-hybridized carbons (Fsp3) is 0.227. The van der Waals surface area contributed by atoms with E-state index in [4.69, 9.17) is 11.6 Å². The molecule has 0 saturated carbocycles. The van der Waals surface area contributed by atoms with Crippen LogP contribution in [0.3, 0.4) is 0 Å². The minimum absolute atomic E-state index is 0.146. The van der Waals surface area contributed by atoms with Crippen molar-refractivity contribution in [2.75, 3.05) is 0 Å². The first-order valence-electron chi connectivity index (χ1n) is 9.28. The van der Waals surface area contributed by atoms with Crippen molar-refractivity contribution >= 4 is 34.4 Å². The van der Waals surface area contributed by atoms with Gasteiger partial charge in [-0.25, -0.2) is 4.79 Å². The first kappa shape index (κ1) is 18.4. The maximum absolute atomic E-state index is 13.4. The molecule has 0 radical (unpaired) electrons. The van der Waals surface area contributed by atoms with Gasteiger partial charge in [-0.15, -0.1) is 0 Å². The Labute approximate surface area is 168 Å². The molecule has 1 unspecified atom stereocenters. The summed E-state index contributed by atoms with van der Waals surface area (Å²) in [7, 11) is 0. The number of rotatable bonds is 5. The fourth-order valence-corrected chi connectivity index (χ4v) is 4.09. The molecule has 2 heterocycles. The molecule has 1 aliphatic heterocycles. The third kappa shape index (κ3) is 2.92. The van der Waals surface area contributed by atoms with E-state index in [-0.39, 0.29) is 18.5 Å². The highest BCUT2D eigenvalue weighted by Gasteiger charge is 2.51. The average Bonchev–Trinajstić information content (AvgIpc) is 2.96. The van der Waals surface area contributed by atoms with Crippen molar-refractivity contribution < 1.29 is 9.59 Å². The molecule has 28 heavy (non-hydrogen) atoms. The molecule has 5 nitrogen and oxygen atoms in total. The third-order valence-electron chi connectivity index (χ3n) is 5.20. The highest BCUT2D eigenvalue weighted by molar-refractivity contribution is 6.35. The topological polar surface area (TPSA) is 62.3 Å². The van der Waals surface area contributed by atoms with E-state index in [1.807, 2.05) is 55.5 Å². The van der Waals surface area contributed by atoms with Crippen LogP contribution in [0.2, 0.25) is 5.02 Å². The van der Waals surface area contributed by atoms with Gasteiger partial charge in [0, 0.05) is 16.6 Å². The lowest BCUT2D eigenvalue weighted by atomic mass is 9.85. The largest absolute Gasteiger partial charge is 0.325 e. The molecular formula is C22H20ClN3O2. The molecule has 1 fully saturated rings. The van der Waals surface area contributed by atoms with E-state index < -0.39 is 5.54 Å². The Kier molecular flexibility index (Phi) is 4.77. The van der Waals surface area contributed by atoms with Crippen LogP contribution >= 0.6 is 11.6 Å². The van der Waals surface area contributed by atoms with Gasteiger partial charge in [-0.3, -0.25) is 14.7 Å². The SMILES string of the molecule is CCCC1(c2ccccc2)NC(=O)N(Cc2ccc(Cl)c3cccnc23)C1=O. The van der Waals surface area contributed by atoms with Gasteiger partial charge in [-0.05, 0) is 35.7 Å². The van der Waals surface area contributed by atoms with Gasteiger partial charge in [-0.2, -0.15) is 0 Å². The summed E-state index contributed by atoms with van der Waals surface area (Å²) in [5.74, 6) is -0.232. The Morgan fingerprint density at radius 1 is 1.07 bits per heavy atom. The third-order valence-corrected chi connectivity index (χ3v) is 5.53.